The number of hydrogen-bond donors (Lipinski definition) is 0. The van der Waals surface area contributed by atoms with E-state index in [1.165, 1.54) is 18.2 Å². The van der Waals surface area contributed by atoms with Crippen molar-refractivity contribution >= 4 is 17.7 Å². The van der Waals surface area contributed by atoms with Crippen molar-refractivity contribution in [3.8, 4) is 11.8 Å². The molecule has 1 saturated heterocycles. The predicted octanol–water partition coefficient (Wildman–Crippen LogP) is 2.60. The van der Waals surface area contributed by atoms with Gasteiger partial charge in [-0.1, -0.05) is 23.4 Å². The molecule has 0 saturated carbocycles. The number of piperazine rings is 1. The summed E-state index contributed by atoms with van der Waals surface area (Å²) in [5.74, 6) is 5.38. The van der Waals surface area contributed by atoms with E-state index in [1.54, 1.807) is 11.8 Å². The maximum atomic E-state index is 13.5. The first-order chi connectivity index (χ1) is 10.6. The molecule has 4 nitrogen and oxygen atoms in total. The highest BCUT2D eigenvalue weighted by Gasteiger charge is 2.20. The molecule has 1 fully saturated rings. The lowest BCUT2D eigenvalue weighted by Crippen LogP contribution is -2.48. The van der Waals surface area contributed by atoms with E-state index in [0.29, 0.717) is 36.8 Å². The van der Waals surface area contributed by atoms with Gasteiger partial charge in [-0.05, 0) is 25.1 Å². The summed E-state index contributed by atoms with van der Waals surface area (Å²) in [4.78, 5) is 15.4. The fourth-order valence-electron chi connectivity index (χ4n) is 2.14. The lowest BCUT2D eigenvalue weighted by Gasteiger charge is -2.32. The van der Waals surface area contributed by atoms with Crippen LogP contribution in [0.15, 0.2) is 18.2 Å². The van der Waals surface area contributed by atoms with Crippen LogP contribution in [0.5, 0.6) is 0 Å². The molecular formula is C16H18ClFN2O2. The lowest BCUT2D eigenvalue weighted by atomic mass is 10.2. The van der Waals surface area contributed by atoms with Crippen molar-refractivity contribution in [1.29, 1.82) is 0 Å². The van der Waals surface area contributed by atoms with Crippen LogP contribution in [0.3, 0.4) is 0 Å². The molecule has 0 bridgehead atoms. The van der Waals surface area contributed by atoms with Gasteiger partial charge < -0.3 is 9.64 Å². The molecule has 0 atom stereocenters. The highest BCUT2D eigenvalue weighted by atomic mass is 35.5. The van der Waals surface area contributed by atoms with Gasteiger partial charge in [0.15, 0.2) is 0 Å². The third-order valence-electron chi connectivity index (χ3n) is 3.35. The van der Waals surface area contributed by atoms with Gasteiger partial charge in [0.2, 0.25) is 0 Å². The smallest absolute Gasteiger partial charge is 0.409 e. The molecule has 2 rings (SSSR count). The van der Waals surface area contributed by atoms with Crippen molar-refractivity contribution in [2.24, 2.45) is 0 Å². The van der Waals surface area contributed by atoms with Crippen LogP contribution < -0.4 is 0 Å². The summed E-state index contributed by atoms with van der Waals surface area (Å²) in [6.07, 6.45) is -0.269. The van der Waals surface area contributed by atoms with Crippen LogP contribution in [0.4, 0.5) is 9.18 Å². The molecule has 1 aliphatic heterocycles. The molecule has 0 unspecified atom stereocenters. The second kappa shape index (κ2) is 8.02. The number of halogens is 2. The van der Waals surface area contributed by atoms with Gasteiger partial charge in [-0.25, -0.2) is 9.18 Å². The average Bonchev–Trinajstić information content (AvgIpc) is 2.51. The molecule has 1 aromatic rings. The zero-order chi connectivity index (χ0) is 15.9. The highest BCUT2D eigenvalue weighted by Crippen LogP contribution is 2.13. The monoisotopic (exact) mass is 324 g/mol. The van der Waals surface area contributed by atoms with Gasteiger partial charge in [-0.2, -0.15) is 0 Å². The zero-order valence-corrected chi connectivity index (χ0v) is 13.2. The van der Waals surface area contributed by atoms with Crippen molar-refractivity contribution in [1.82, 2.24) is 9.80 Å². The first-order valence-corrected chi connectivity index (χ1v) is 7.56. The molecule has 22 heavy (non-hydrogen) atoms. The molecule has 1 amide bonds. The second-order valence-electron chi connectivity index (χ2n) is 4.89. The quantitative estimate of drug-likeness (QED) is 0.784. The number of carbonyl (C=O) groups is 1. The number of nitrogens with zero attached hydrogens (tertiary/aromatic N) is 2. The minimum atomic E-state index is -0.371. The van der Waals surface area contributed by atoms with Gasteiger partial charge in [0.05, 0.1) is 18.7 Å². The van der Waals surface area contributed by atoms with Crippen LogP contribution in [-0.4, -0.2) is 55.2 Å². The summed E-state index contributed by atoms with van der Waals surface area (Å²) in [5.41, 5.74) is 0.303. The van der Waals surface area contributed by atoms with Gasteiger partial charge in [0.1, 0.15) is 5.82 Å². The van der Waals surface area contributed by atoms with Gasteiger partial charge in [-0.15, -0.1) is 0 Å². The van der Waals surface area contributed by atoms with Crippen molar-refractivity contribution < 1.29 is 13.9 Å². The maximum absolute atomic E-state index is 13.5. The fraction of sp³-hybridized carbons (Fsp3) is 0.438. The molecule has 1 aliphatic rings. The molecule has 0 aromatic heterocycles. The lowest BCUT2D eigenvalue weighted by molar-refractivity contribution is 0.0829. The summed E-state index contributed by atoms with van der Waals surface area (Å²) >= 11 is 5.82. The minimum Gasteiger partial charge on any atom is -0.450 e. The third-order valence-corrected chi connectivity index (χ3v) is 3.59. The van der Waals surface area contributed by atoms with Gasteiger partial charge in [-0.3, -0.25) is 4.90 Å². The molecule has 0 N–H and O–H groups in total. The Bertz CT molecular complexity index is 590. The molecule has 0 radical (unpaired) electrons. The number of benzene rings is 1. The topological polar surface area (TPSA) is 32.8 Å². The second-order valence-corrected chi connectivity index (χ2v) is 5.32. The van der Waals surface area contributed by atoms with Gasteiger partial charge in [0.25, 0.3) is 0 Å². The Labute approximate surface area is 134 Å². The van der Waals surface area contributed by atoms with E-state index in [0.717, 1.165) is 13.1 Å². The van der Waals surface area contributed by atoms with Crippen LogP contribution in [0.1, 0.15) is 12.5 Å². The molecule has 6 heteroatoms. The van der Waals surface area contributed by atoms with Crippen molar-refractivity contribution in [2.75, 3.05) is 39.3 Å². The fourth-order valence-corrected chi connectivity index (χ4v) is 2.32. The molecule has 0 aliphatic carbocycles. The summed E-state index contributed by atoms with van der Waals surface area (Å²) in [6.45, 7) is 5.40. The maximum Gasteiger partial charge on any atom is 0.409 e. The number of hydrogen-bond acceptors (Lipinski definition) is 3. The standard InChI is InChI=1S/C16H18ClFN2O2/c1-2-22-16(21)20-10-8-19(9-11-20)7-3-4-13-12-14(17)5-6-15(13)18/h5-6,12H,2,7-11H2,1H3. The number of rotatable bonds is 2. The number of amides is 1. The minimum absolute atomic E-state index is 0.269. The van der Waals surface area contributed by atoms with Crippen LogP contribution in [-0.2, 0) is 4.74 Å². The van der Waals surface area contributed by atoms with Gasteiger partial charge >= 0.3 is 6.09 Å². The molecule has 118 valence electrons. The normalized spacial score (nSPS) is 15.1. The zero-order valence-electron chi connectivity index (χ0n) is 12.4. The van der Waals surface area contributed by atoms with Crippen LogP contribution in [0.2, 0.25) is 5.02 Å². The Kier molecular flexibility index (Phi) is 6.05. The summed E-state index contributed by atoms with van der Waals surface area (Å²) in [5, 5.41) is 0.466. The Morgan fingerprint density at radius 2 is 2.09 bits per heavy atom. The Morgan fingerprint density at radius 1 is 1.36 bits per heavy atom. The highest BCUT2D eigenvalue weighted by molar-refractivity contribution is 6.30. The Morgan fingerprint density at radius 3 is 2.77 bits per heavy atom. The average molecular weight is 325 g/mol. The van der Waals surface area contributed by atoms with E-state index in [2.05, 4.69) is 16.7 Å². The van der Waals surface area contributed by atoms with E-state index in [4.69, 9.17) is 16.3 Å². The molecular weight excluding hydrogens is 307 g/mol. The van der Waals surface area contributed by atoms with E-state index in [1.807, 2.05) is 0 Å². The largest absolute Gasteiger partial charge is 0.450 e. The summed E-state index contributed by atoms with van der Waals surface area (Å²) in [7, 11) is 0. The van der Waals surface area contributed by atoms with E-state index >= 15 is 0 Å². The van der Waals surface area contributed by atoms with E-state index in [-0.39, 0.29) is 11.9 Å². The number of ether oxygens (including phenoxy) is 1. The number of carbonyl (C=O) groups excluding carboxylic acids is 1. The molecule has 1 aromatic carbocycles. The van der Waals surface area contributed by atoms with Crippen molar-refractivity contribution in [3.63, 3.8) is 0 Å². The van der Waals surface area contributed by atoms with E-state index < -0.39 is 0 Å². The predicted molar refractivity (Wildman–Crippen MR) is 83.3 cm³/mol. The first-order valence-electron chi connectivity index (χ1n) is 7.18. The summed E-state index contributed by atoms with van der Waals surface area (Å²) < 4.78 is 18.5. The summed E-state index contributed by atoms with van der Waals surface area (Å²) in [6, 6.07) is 4.32. The van der Waals surface area contributed by atoms with Crippen molar-refractivity contribution in [2.45, 2.75) is 6.92 Å². The first kappa shape index (κ1) is 16.6. The Balaban J connectivity index is 1.84. The Hall–Kier alpha value is -1.77. The van der Waals surface area contributed by atoms with Crippen LogP contribution in [0, 0.1) is 17.7 Å². The molecule has 0 spiro atoms. The third kappa shape index (κ3) is 4.62. The SMILES string of the molecule is CCOC(=O)N1CCN(CC#Cc2cc(Cl)ccc2F)CC1. The van der Waals surface area contributed by atoms with Crippen LogP contribution in [0.25, 0.3) is 0 Å². The van der Waals surface area contributed by atoms with Crippen molar-refractivity contribution in [3.05, 3.63) is 34.6 Å². The van der Waals surface area contributed by atoms with Crippen LogP contribution >= 0.6 is 11.6 Å². The van der Waals surface area contributed by atoms with Gasteiger partial charge in [0, 0.05) is 31.2 Å². The van der Waals surface area contributed by atoms with E-state index in [9.17, 15) is 9.18 Å². The molecule has 1 heterocycles.